The molecule has 1 aliphatic heterocycles. The molecule has 2 aliphatic rings. The zero-order valence-corrected chi connectivity index (χ0v) is 12.4. The lowest BCUT2D eigenvalue weighted by molar-refractivity contribution is -0.140. The maximum Gasteiger partial charge on any atom is 0.320 e. The topological polar surface area (TPSA) is 52.6 Å². The summed E-state index contributed by atoms with van der Waals surface area (Å²) >= 11 is 0. The van der Waals surface area contributed by atoms with Crippen LogP contribution in [0.15, 0.2) is 30.3 Å². The minimum Gasteiger partial charge on any atom is -0.480 e. The van der Waals surface area contributed by atoms with Crippen molar-refractivity contribution in [3.8, 4) is 0 Å². The van der Waals surface area contributed by atoms with Crippen molar-refractivity contribution in [2.24, 2.45) is 5.92 Å². The van der Waals surface area contributed by atoms with Gasteiger partial charge in [0.05, 0.1) is 0 Å². The van der Waals surface area contributed by atoms with E-state index in [1.54, 1.807) is 0 Å². The molecule has 21 heavy (non-hydrogen) atoms. The van der Waals surface area contributed by atoms with Crippen LogP contribution in [-0.4, -0.2) is 41.1 Å². The lowest BCUT2D eigenvalue weighted by Gasteiger charge is -2.34. The van der Waals surface area contributed by atoms with Crippen molar-refractivity contribution in [1.82, 2.24) is 10.2 Å². The molecule has 1 saturated heterocycles. The van der Waals surface area contributed by atoms with Gasteiger partial charge in [-0.3, -0.25) is 9.69 Å². The van der Waals surface area contributed by atoms with Crippen LogP contribution in [0.2, 0.25) is 0 Å². The highest BCUT2D eigenvalue weighted by Crippen LogP contribution is 2.33. The predicted octanol–water partition coefficient (Wildman–Crippen LogP) is 2.10. The third kappa shape index (κ3) is 4.05. The van der Waals surface area contributed by atoms with E-state index in [9.17, 15) is 9.90 Å². The molecule has 2 unspecified atom stereocenters. The van der Waals surface area contributed by atoms with Crippen LogP contribution in [0.4, 0.5) is 0 Å². The van der Waals surface area contributed by atoms with Gasteiger partial charge in [-0.2, -0.15) is 0 Å². The van der Waals surface area contributed by atoms with E-state index in [2.05, 4.69) is 34.5 Å². The first-order valence-corrected chi connectivity index (χ1v) is 7.97. The summed E-state index contributed by atoms with van der Waals surface area (Å²) < 4.78 is 0. The van der Waals surface area contributed by atoms with E-state index in [-0.39, 0.29) is 6.04 Å². The number of likely N-dealkylation sites (tertiary alicyclic amines) is 1. The Morgan fingerprint density at radius 3 is 2.71 bits per heavy atom. The third-order valence-corrected chi connectivity index (χ3v) is 4.53. The van der Waals surface area contributed by atoms with Crippen molar-refractivity contribution in [1.29, 1.82) is 0 Å². The number of piperidine rings is 1. The normalized spacial score (nSPS) is 24.7. The molecule has 1 saturated carbocycles. The molecule has 1 aromatic rings. The Bertz CT molecular complexity index is 473. The van der Waals surface area contributed by atoms with Gasteiger partial charge in [0.1, 0.15) is 6.04 Å². The zero-order chi connectivity index (χ0) is 14.7. The van der Waals surface area contributed by atoms with Gasteiger partial charge in [0, 0.05) is 19.1 Å². The summed E-state index contributed by atoms with van der Waals surface area (Å²) in [4.78, 5) is 13.8. The summed E-state index contributed by atoms with van der Waals surface area (Å²) in [5.74, 6) is -0.329. The first-order chi connectivity index (χ1) is 10.2. The molecule has 0 bridgehead atoms. The van der Waals surface area contributed by atoms with E-state index in [1.165, 1.54) is 5.56 Å². The molecule has 0 aromatic heterocycles. The van der Waals surface area contributed by atoms with Gasteiger partial charge in [-0.15, -0.1) is 0 Å². The summed E-state index contributed by atoms with van der Waals surface area (Å²) in [6.45, 7) is 3.01. The molecular formula is C17H24N2O2. The van der Waals surface area contributed by atoms with E-state index >= 15 is 0 Å². The van der Waals surface area contributed by atoms with Crippen molar-refractivity contribution in [2.45, 2.75) is 44.3 Å². The summed E-state index contributed by atoms with van der Waals surface area (Å²) in [6.07, 6.45) is 4.35. The monoisotopic (exact) mass is 288 g/mol. The molecular weight excluding hydrogens is 264 g/mol. The van der Waals surface area contributed by atoms with Crippen LogP contribution >= 0.6 is 0 Å². The summed E-state index contributed by atoms with van der Waals surface area (Å²) in [6, 6.07) is 10.5. The van der Waals surface area contributed by atoms with E-state index in [1.807, 2.05) is 6.07 Å². The van der Waals surface area contributed by atoms with Gasteiger partial charge in [0.25, 0.3) is 0 Å². The number of benzene rings is 1. The van der Waals surface area contributed by atoms with Gasteiger partial charge in [-0.25, -0.2) is 0 Å². The minimum atomic E-state index is -0.683. The van der Waals surface area contributed by atoms with Gasteiger partial charge in [0.15, 0.2) is 0 Å². The van der Waals surface area contributed by atoms with Crippen molar-refractivity contribution >= 4 is 5.97 Å². The maximum atomic E-state index is 11.4. The lowest BCUT2D eigenvalue weighted by atomic mass is 10.0. The Morgan fingerprint density at radius 1 is 1.29 bits per heavy atom. The molecule has 114 valence electrons. The van der Waals surface area contributed by atoms with Crippen molar-refractivity contribution < 1.29 is 9.90 Å². The first kappa shape index (κ1) is 14.5. The highest BCUT2D eigenvalue weighted by Gasteiger charge is 2.37. The minimum absolute atomic E-state index is 0.309. The number of hydrogen-bond donors (Lipinski definition) is 2. The Morgan fingerprint density at radius 2 is 2.05 bits per heavy atom. The fourth-order valence-electron chi connectivity index (χ4n) is 3.27. The van der Waals surface area contributed by atoms with Gasteiger partial charge >= 0.3 is 5.97 Å². The van der Waals surface area contributed by atoms with Gasteiger partial charge in [0.2, 0.25) is 0 Å². The highest BCUT2D eigenvalue weighted by atomic mass is 16.4. The van der Waals surface area contributed by atoms with Crippen LogP contribution in [-0.2, 0) is 11.3 Å². The molecule has 0 radical (unpaired) electrons. The quantitative estimate of drug-likeness (QED) is 0.842. The van der Waals surface area contributed by atoms with Crippen molar-refractivity contribution in [3.05, 3.63) is 35.9 Å². The van der Waals surface area contributed by atoms with E-state index in [0.717, 1.165) is 45.3 Å². The molecule has 4 nitrogen and oxygen atoms in total. The number of carboxylic acids is 1. The fourth-order valence-corrected chi connectivity index (χ4v) is 3.27. The van der Waals surface area contributed by atoms with Gasteiger partial charge < -0.3 is 10.4 Å². The Hall–Kier alpha value is -1.39. The second-order valence-corrected chi connectivity index (χ2v) is 6.38. The molecule has 2 fully saturated rings. The number of nitrogens with one attached hydrogen (secondary N) is 1. The smallest absolute Gasteiger partial charge is 0.320 e. The molecule has 1 aromatic carbocycles. The largest absolute Gasteiger partial charge is 0.480 e. The molecule has 0 spiro atoms. The van der Waals surface area contributed by atoms with Crippen LogP contribution in [0.5, 0.6) is 0 Å². The zero-order valence-electron chi connectivity index (χ0n) is 12.4. The predicted molar refractivity (Wildman–Crippen MR) is 82.0 cm³/mol. The standard InChI is InChI=1S/C17H24N2O2/c20-17(21)16(14-8-9-14)18-15-7-4-10-19(12-15)11-13-5-2-1-3-6-13/h1-3,5-6,14-16,18H,4,7-12H2,(H,20,21). The second kappa shape index (κ2) is 6.58. The molecule has 3 rings (SSSR count). The average molecular weight is 288 g/mol. The molecule has 4 heteroatoms. The number of hydrogen-bond acceptors (Lipinski definition) is 3. The first-order valence-electron chi connectivity index (χ1n) is 7.97. The van der Waals surface area contributed by atoms with Gasteiger partial charge in [-0.1, -0.05) is 30.3 Å². The number of nitrogens with zero attached hydrogens (tertiary/aromatic N) is 1. The number of carboxylic acid groups (broad SMARTS) is 1. The molecule has 1 aliphatic carbocycles. The highest BCUT2D eigenvalue weighted by molar-refractivity contribution is 5.74. The third-order valence-electron chi connectivity index (χ3n) is 4.53. The molecule has 0 amide bonds. The number of carbonyl (C=O) groups is 1. The summed E-state index contributed by atoms with van der Waals surface area (Å²) in [5, 5.41) is 12.7. The second-order valence-electron chi connectivity index (χ2n) is 6.38. The van der Waals surface area contributed by atoms with Crippen molar-refractivity contribution in [2.75, 3.05) is 13.1 Å². The van der Waals surface area contributed by atoms with Crippen LogP contribution < -0.4 is 5.32 Å². The van der Waals surface area contributed by atoms with Crippen LogP contribution in [0.25, 0.3) is 0 Å². The van der Waals surface area contributed by atoms with Crippen LogP contribution in [0.3, 0.4) is 0 Å². The fraction of sp³-hybridized carbons (Fsp3) is 0.588. The van der Waals surface area contributed by atoms with Gasteiger partial charge in [-0.05, 0) is 43.7 Å². The molecule has 1 heterocycles. The van der Waals surface area contributed by atoms with Crippen LogP contribution in [0.1, 0.15) is 31.2 Å². The SMILES string of the molecule is O=C(O)C(NC1CCCN(Cc2ccccc2)C1)C1CC1. The molecule has 2 atom stereocenters. The van der Waals surface area contributed by atoms with E-state index in [4.69, 9.17) is 0 Å². The average Bonchev–Trinajstić information content (AvgIpc) is 3.30. The Balaban J connectivity index is 1.54. The Kier molecular flexibility index (Phi) is 4.56. The summed E-state index contributed by atoms with van der Waals surface area (Å²) in [7, 11) is 0. The van der Waals surface area contributed by atoms with E-state index in [0.29, 0.717) is 12.0 Å². The molecule has 2 N–H and O–H groups in total. The number of rotatable bonds is 6. The maximum absolute atomic E-state index is 11.4. The number of aliphatic carboxylic acids is 1. The summed E-state index contributed by atoms with van der Waals surface area (Å²) in [5.41, 5.74) is 1.33. The Labute approximate surface area is 126 Å². The lowest BCUT2D eigenvalue weighted by Crippen LogP contribution is -2.51. The van der Waals surface area contributed by atoms with E-state index < -0.39 is 5.97 Å². The van der Waals surface area contributed by atoms with Crippen molar-refractivity contribution in [3.63, 3.8) is 0 Å². The van der Waals surface area contributed by atoms with Crippen LogP contribution in [0, 0.1) is 5.92 Å².